The molecule has 4 heteroatoms. The maximum Gasteiger partial charge on any atom is 0.0767 e. The fourth-order valence-corrected chi connectivity index (χ4v) is 3.23. The van der Waals surface area contributed by atoms with Crippen molar-refractivity contribution in [3.8, 4) is 0 Å². The lowest BCUT2D eigenvalue weighted by atomic mass is 9.97. The molecule has 0 N–H and O–H groups in total. The van der Waals surface area contributed by atoms with Gasteiger partial charge in [0.2, 0.25) is 0 Å². The summed E-state index contributed by atoms with van der Waals surface area (Å²) in [6.07, 6.45) is 1.34. The predicted molar refractivity (Wildman–Crippen MR) is 71.7 cm³/mol. The van der Waals surface area contributed by atoms with Crippen LogP contribution in [0.1, 0.15) is 23.7 Å². The van der Waals surface area contributed by atoms with Crippen molar-refractivity contribution in [1.29, 1.82) is 0 Å². The molecule has 0 radical (unpaired) electrons. The van der Waals surface area contributed by atoms with Gasteiger partial charge in [0.1, 0.15) is 0 Å². The highest BCUT2D eigenvalue weighted by Crippen LogP contribution is 2.38. The van der Waals surface area contributed by atoms with Crippen molar-refractivity contribution in [2.75, 3.05) is 6.61 Å². The summed E-state index contributed by atoms with van der Waals surface area (Å²) >= 11 is 15.6. The molecule has 16 heavy (non-hydrogen) atoms. The molecule has 88 valence electrons. The first kappa shape index (κ1) is 12.7. The van der Waals surface area contributed by atoms with Gasteiger partial charge in [0.15, 0.2) is 0 Å². The van der Waals surface area contributed by atoms with Crippen molar-refractivity contribution in [2.24, 2.45) is 5.92 Å². The predicted octanol–water partition coefficient (Wildman–Crippen LogP) is 4.85. The quantitative estimate of drug-likeness (QED) is 0.707. The van der Waals surface area contributed by atoms with Gasteiger partial charge >= 0.3 is 0 Å². The Hall–Kier alpha value is 0.240. The molecule has 3 unspecified atom stereocenters. The average Bonchev–Trinajstić information content (AvgIpc) is 2.67. The van der Waals surface area contributed by atoms with Crippen LogP contribution in [0.5, 0.6) is 0 Å². The molecule has 1 aromatic rings. The summed E-state index contributed by atoms with van der Waals surface area (Å²) < 4.78 is 5.73. The molecule has 1 heterocycles. The van der Waals surface area contributed by atoms with Crippen LogP contribution in [0.2, 0.25) is 10.0 Å². The van der Waals surface area contributed by atoms with Gasteiger partial charge in [-0.05, 0) is 30.0 Å². The molecule has 0 saturated carbocycles. The third-order valence-electron chi connectivity index (χ3n) is 2.99. The smallest absolute Gasteiger partial charge is 0.0767 e. The summed E-state index contributed by atoms with van der Waals surface area (Å²) in [7, 11) is 0. The summed E-state index contributed by atoms with van der Waals surface area (Å²) in [5.74, 6) is 0.568. The van der Waals surface area contributed by atoms with E-state index in [0.717, 1.165) is 18.6 Å². The van der Waals surface area contributed by atoms with E-state index >= 15 is 0 Å². The molecule has 3 atom stereocenters. The molecule has 1 aromatic carbocycles. The van der Waals surface area contributed by atoms with Gasteiger partial charge in [-0.2, -0.15) is 0 Å². The molecule has 0 aliphatic carbocycles. The second kappa shape index (κ2) is 5.26. The summed E-state index contributed by atoms with van der Waals surface area (Å²) in [6.45, 7) is 3.05. The summed E-state index contributed by atoms with van der Waals surface area (Å²) in [5.41, 5.74) is 1.12. The maximum absolute atomic E-state index is 6.01. The van der Waals surface area contributed by atoms with Gasteiger partial charge in [0, 0.05) is 6.61 Å². The molecule has 1 aliphatic rings. The molecule has 1 fully saturated rings. The van der Waals surface area contributed by atoms with Crippen LogP contribution >= 0.6 is 39.1 Å². The number of hydrogen-bond donors (Lipinski definition) is 0. The van der Waals surface area contributed by atoms with Crippen LogP contribution in [0.25, 0.3) is 0 Å². The summed E-state index contributed by atoms with van der Waals surface area (Å²) in [5, 5.41) is 1.18. The molecule has 1 nitrogen and oxygen atoms in total. The van der Waals surface area contributed by atoms with E-state index in [2.05, 4.69) is 22.9 Å². The first-order chi connectivity index (χ1) is 7.59. The Morgan fingerprint density at radius 2 is 2.12 bits per heavy atom. The zero-order valence-electron chi connectivity index (χ0n) is 8.92. The van der Waals surface area contributed by atoms with E-state index in [9.17, 15) is 0 Å². The lowest BCUT2D eigenvalue weighted by Crippen LogP contribution is -2.19. The Balaban J connectivity index is 2.20. The standard InChI is InChI=1S/C12H13BrCl2O/c1-7-4-5-16-12(7)11(13)8-2-3-9(14)10(15)6-8/h2-3,6-7,11-12H,4-5H2,1H3. The van der Waals surface area contributed by atoms with Crippen LogP contribution in [-0.4, -0.2) is 12.7 Å². The molecular weight excluding hydrogens is 311 g/mol. The van der Waals surface area contributed by atoms with E-state index < -0.39 is 0 Å². The number of alkyl halides is 1. The van der Waals surface area contributed by atoms with Gasteiger partial charge in [0.05, 0.1) is 21.0 Å². The second-order valence-electron chi connectivity index (χ2n) is 4.18. The van der Waals surface area contributed by atoms with Crippen molar-refractivity contribution >= 4 is 39.1 Å². The van der Waals surface area contributed by atoms with Crippen LogP contribution in [0.15, 0.2) is 18.2 Å². The monoisotopic (exact) mass is 322 g/mol. The zero-order chi connectivity index (χ0) is 11.7. The second-order valence-corrected chi connectivity index (χ2v) is 5.98. The van der Waals surface area contributed by atoms with Crippen LogP contribution in [0.4, 0.5) is 0 Å². The summed E-state index contributed by atoms with van der Waals surface area (Å²) in [6, 6.07) is 5.72. The topological polar surface area (TPSA) is 9.23 Å². The number of hydrogen-bond acceptors (Lipinski definition) is 1. The van der Waals surface area contributed by atoms with E-state index in [1.165, 1.54) is 0 Å². The third kappa shape index (κ3) is 2.56. The fourth-order valence-electron chi connectivity index (χ4n) is 1.97. The van der Waals surface area contributed by atoms with Gasteiger partial charge in [-0.15, -0.1) is 0 Å². The maximum atomic E-state index is 6.01. The van der Waals surface area contributed by atoms with E-state index in [1.807, 2.05) is 18.2 Å². The molecular formula is C12H13BrCl2O. The number of halogens is 3. The van der Waals surface area contributed by atoms with E-state index in [4.69, 9.17) is 27.9 Å². The molecule has 0 bridgehead atoms. The van der Waals surface area contributed by atoms with Gasteiger partial charge in [0.25, 0.3) is 0 Å². The highest BCUT2D eigenvalue weighted by atomic mass is 79.9. The van der Waals surface area contributed by atoms with Crippen LogP contribution in [-0.2, 0) is 4.74 Å². The molecule has 1 saturated heterocycles. The van der Waals surface area contributed by atoms with Crippen molar-refractivity contribution in [3.05, 3.63) is 33.8 Å². The highest BCUT2D eigenvalue weighted by molar-refractivity contribution is 9.09. The first-order valence-electron chi connectivity index (χ1n) is 5.30. The van der Waals surface area contributed by atoms with Crippen molar-refractivity contribution in [1.82, 2.24) is 0 Å². The minimum absolute atomic E-state index is 0.180. The largest absolute Gasteiger partial charge is 0.376 e. The Kier molecular flexibility index (Phi) is 4.17. The Morgan fingerprint density at radius 3 is 2.69 bits per heavy atom. The first-order valence-corrected chi connectivity index (χ1v) is 6.97. The molecule has 2 rings (SSSR count). The number of rotatable bonds is 2. The molecule has 0 spiro atoms. The minimum Gasteiger partial charge on any atom is -0.376 e. The summed E-state index contributed by atoms with van der Waals surface area (Å²) in [4.78, 5) is 0.180. The molecule has 0 amide bonds. The van der Waals surface area contributed by atoms with Crippen LogP contribution in [0, 0.1) is 5.92 Å². The minimum atomic E-state index is 0.180. The Morgan fingerprint density at radius 1 is 1.38 bits per heavy atom. The average molecular weight is 324 g/mol. The normalized spacial score (nSPS) is 27.0. The fraction of sp³-hybridized carbons (Fsp3) is 0.500. The lowest BCUT2D eigenvalue weighted by Gasteiger charge is -2.21. The lowest BCUT2D eigenvalue weighted by molar-refractivity contribution is 0.0935. The Labute approximate surface area is 114 Å². The number of ether oxygens (including phenoxy) is 1. The molecule has 1 aliphatic heterocycles. The van der Waals surface area contributed by atoms with Gasteiger partial charge in [-0.1, -0.05) is 52.1 Å². The molecule has 0 aromatic heterocycles. The van der Waals surface area contributed by atoms with E-state index in [-0.39, 0.29) is 10.9 Å². The third-order valence-corrected chi connectivity index (χ3v) is 4.78. The van der Waals surface area contributed by atoms with Crippen molar-refractivity contribution in [3.63, 3.8) is 0 Å². The van der Waals surface area contributed by atoms with Crippen LogP contribution in [0.3, 0.4) is 0 Å². The van der Waals surface area contributed by atoms with Crippen molar-refractivity contribution < 1.29 is 4.74 Å². The van der Waals surface area contributed by atoms with Gasteiger partial charge in [-0.25, -0.2) is 0 Å². The zero-order valence-corrected chi connectivity index (χ0v) is 12.0. The van der Waals surface area contributed by atoms with E-state index in [1.54, 1.807) is 0 Å². The van der Waals surface area contributed by atoms with Crippen molar-refractivity contribution in [2.45, 2.75) is 24.3 Å². The SMILES string of the molecule is CC1CCOC1C(Br)c1ccc(Cl)c(Cl)c1. The van der Waals surface area contributed by atoms with Gasteiger partial charge in [-0.3, -0.25) is 0 Å². The highest BCUT2D eigenvalue weighted by Gasteiger charge is 2.31. The Bertz CT molecular complexity index is 383. The van der Waals surface area contributed by atoms with Gasteiger partial charge < -0.3 is 4.74 Å². The van der Waals surface area contributed by atoms with E-state index in [0.29, 0.717) is 16.0 Å². The number of benzene rings is 1. The van der Waals surface area contributed by atoms with Crippen LogP contribution < -0.4 is 0 Å².